The van der Waals surface area contributed by atoms with E-state index in [1.165, 1.54) is 12.1 Å². The van der Waals surface area contributed by atoms with Crippen LogP contribution in [-0.2, 0) is 13.1 Å². The van der Waals surface area contributed by atoms with Crippen molar-refractivity contribution in [2.24, 2.45) is 0 Å². The zero-order valence-corrected chi connectivity index (χ0v) is 10.3. The Balaban J connectivity index is 1.74. The highest BCUT2D eigenvalue weighted by Gasteiger charge is 2.05. The van der Waals surface area contributed by atoms with Gasteiger partial charge in [0.15, 0.2) is 5.82 Å². The van der Waals surface area contributed by atoms with Gasteiger partial charge in [-0.2, -0.15) is 4.98 Å². The molecule has 0 saturated heterocycles. The fraction of sp³-hybridized carbons (Fsp3) is 0.250. The molecule has 6 nitrogen and oxygen atoms in total. The number of halogens is 1. The van der Waals surface area contributed by atoms with Gasteiger partial charge in [-0.25, -0.2) is 9.18 Å². The Bertz CT molecular complexity index is 553. The third kappa shape index (κ3) is 4.06. The van der Waals surface area contributed by atoms with Crippen LogP contribution in [0.1, 0.15) is 17.3 Å². The number of nitrogens with zero attached hydrogens (tertiary/aromatic N) is 2. The Hall–Kier alpha value is -2.44. The SMILES string of the molecule is Cc1noc(CNC(=O)NCc2ccc(F)cc2)n1. The van der Waals surface area contributed by atoms with Crippen LogP contribution in [0.3, 0.4) is 0 Å². The van der Waals surface area contributed by atoms with Crippen molar-refractivity contribution in [1.82, 2.24) is 20.8 Å². The highest BCUT2D eigenvalue weighted by molar-refractivity contribution is 5.73. The van der Waals surface area contributed by atoms with Crippen LogP contribution in [0.25, 0.3) is 0 Å². The first-order valence-corrected chi connectivity index (χ1v) is 5.69. The van der Waals surface area contributed by atoms with Gasteiger partial charge in [-0.3, -0.25) is 0 Å². The van der Waals surface area contributed by atoms with Gasteiger partial charge < -0.3 is 15.2 Å². The van der Waals surface area contributed by atoms with Crippen molar-refractivity contribution < 1.29 is 13.7 Å². The highest BCUT2D eigenvalue weighted by atomic mass is 19.1. The van der Waals surface area contributed by atoms with E-state index in [1.54, 1.807) is 19.1 Å². The molecule has 0 bridgehead atoms. The Morgan fingerprint density at radius 3 is 2.58 bits per heavy atom. The molecule has 0 atom stereocenters. The molecule has 2 amide bonds. The zero-order valence-electron chi connectivity index (χ0n) is 10.3. The largest absolute Gasteiger partial charge is 0.337 e. The lowest BCUT2D eigenvalue weighted by Crippen LogP contribution is -2.34. The van der Waals surface area contributed by atoms with Gasteiger partial charge in [0.25, 0.3) is 0 Å². The first kappa shape index (κ1) is 13.0. The standard InChI is InChI=1S/C12H13FN4O2/c1-8-16-11(19-17-8)7-15-12(18)14-6-9-2-4-10(13)5-3-9/h2-5H,6-7H2,1H3,(H2,14,15,18). The summed E-state index contributed by atoms with van der Waals surface area (Å²) in [5.74, 6) is 0.554. The van der Waals surface area contributed by atoms with Crippen LogP contribution in [0.4, 0.5) is 9.18 Å². The summed E-state index contributed by atoms with van der Waals surface area (Å²) in [6.07, 6.45) is 0. The Morgan fingerprint density at radius 1 is 1.26 bits per heavy atom. The van der Waals surface area contributed by atoms with E-state index in [4.69, 9.17) is 4.52 Å². The molecular weight excluding hydrogens is 251 g/mol. The van der Waals surface area contributed by atoms with Gasteiger partial charge >= 0.3 is 6.03 Å². The third-order valence-electron chi connectivity index (χ3n) is 2.34. The minimum absolute atomic E-state index is 0.163. The minimum atomic E-state index is -0.361. The highest BCUT2D eigenvalue weighted by Crippen LogP contribution is 2.02. The maximum absolute atomic E-state index is 12.7. The maximum Gasteiger partial charge on any atom is 0.315 e. The number of carbonyl (C=O) groups excluding carboxylic acids is 1. The number of rotatable bonds is 4. The molecule has 0 aliphatic carbocycles. The van der Waals surface area contributed by atoms with Crippen molar-refractivity contribution in [3.63, 3.8) is 0 Å². The van der Waals surface area contributed by atoms with E-state index >= 15 is 0 Å². The molecule has 0 aliphatic heterocycles. The van der Waals surface area contributed by atoms with Crippen LogP contribution in [0.5, 0.6) is 0 Å². The van der Waals surface area contributed by atoms with Crippen LogP contribution >= 0.6 is 0 Å². The molecule has 2 rings (SSSR count). The van der Waals surface area contributed by atoms with Gasteiger partial charge in [-0.1, -0.05) is 17.3 Å². The van der Waals surface area contributed by atoms with E-state index in [0.29, 0.717) is 18.3 Å². The fourth-order valence-corrected chi connectivity index (χ4v) is 1.41. The molecule has 1 heterocycles. The molecule has 0 saturated carbocycles. The second kappa shape index (κ2) is 5.94. The van der Waals surface area contributed by atoms with Crippen LogP contribution < -0.4 is 10.6 Å². The summed E-state index contributed by atoms with van der Waals surface area (Å²) in [5, 5.41) is 8.81. The van der Waals surface area contributed by atoms with Crippen LogP contribution in [-0.4, -0.2) is 16.2 Å². The van der Waals surface area contributed by atoms with Crippen molar-refractivity contribution in [2.45, 2.75) is 20.0 Å². The van der Waals surface area contributed by atoms with Crippen molar-refractivity contribution >= 4 is 6.03 Å². The smallest absolute Gasteiger partial charge is 0.315 e. The van der Waals surface area contributed by atoms with Crippen molar-refractivity contribution in [1.29, 1.82) is 0 Å². The summed E-state index contributed by atoms with van der Waals surface area (Å²) in [7, 11) is 0. The molecule has 2 aromatic rings. The van der Waals surface area contributed by atoms with Gasteiger partial charge in [-0.05, 0) is 24.6 Å². The molecule has 0 unspecified atom stereocenters. The number of urea groups is 1. The van der Waals surface area contributed by atoms with E-state index in [1.807, 2.05) is 0 Å². The molecule has 7 heteroatoms. The summed E-state index contributed by atoms with van der Waals surface area (Å²) in [4.78, 5) is 15.4. The van der Waals surface area contributed by atoms with Crippen molar-refractivity contribution in [3.05, 3.63) is 47.4 Å². The average Bonchev–Trinajstić information content (AvgIpc) is 2.81. The molecule has 0 fully saturated rings. The van der Waals surface area contributed by atoms with E-state index in [2.05, 4.69) is 20.8 Å². The predicted molar refractivity (Wildman–Crippen MR) is 64.5 cm³/mol. The molecule has 0 aliphatic rings. The number of amides is 2. The van der Waals surface area contributed by atoms with Crippen molar-refractivity contribution in [2.75, 3.05) is 0 Å². The molecule has 100 valence electrons. The van der Waals surface area contributed by atoms with Crippen LogP contribution in [0.15, 0.2) is 28.8 Å². The fourth-order valence-electron chi connectivity index (χ4n) is 1.41. The minimum Gasteiger partial charge on any atom is -0.337 e. The lowest BCUT2D eigenvalue weighted by Gasteiger charge is -2.05. The quantitative estimate of drug-likeness (QED) is 0.877. The predicted octanol–water partition coefficient (Wildman–Crippen LogP) is 1.52. The van der Waals surface area contributed by atoms with E-state index in [9.17, 15) is 9.18 Å². The second-order valence-electron chi connectivity index (χ2n) is 3.90. The molecule has 1 aromatic heterocycles. The van der Waals surface area contributed by atoms with Crippen molar-refractivity contribution in [3.8, 4) is 0 Å². The van der Waals surface area contributed by atoms with E-state index in [0.717, 1.165) is 5.56 Å². The lowest BCUT2D eigenvalue weighted by molar-refractivity contribution is 0.238. The number of nitrogens with one attached hydrogen (secondary N) is 2. The normalized spacial score (nSPS) is 10.2. The molecule has 1 aromatic carbocycles. The van der Waals surface area contributed by atoms with Crippen LogP contribution in [0, 0.1) is 12.7 Å². The van der Waals surface area contributed by atoms with Gasteiger partial charge in [0.2, 0.25) is 5.89 Å². The number of hydrogen-bond acceptors (Lipinski definition) is 4. The lowest BCUT2D eigenvalue weighted by atomic mass is 10.2. The topological polar surface area (TPSA) is 80.0 Å². The van der Waals surface area contributed by atoms with E-state index in [-0.39, 0.29) is 18.4 Å². The monoisotopic (exact) mass is 264 g/mol. The number of hydrogen-bond donors (Lipinski definition) is 2. The maximum atomic E-state index is 12.7. The third-order valence-corrected chi connectivity index (χ3v) is 2.34. The number of aryl methyl sites for hydroxylation is 1. The number of benzene rings is 1. The zero-order chi connectivity index (χ0) is 13.7. The summed E-state index contributed by atoms with van der Waals surface area (Å²) in [6.45, 7) is 2.17. The van der Waals surface area contributed by atoms with Crippen LogP contribution in [0.2, 0.25) is 0 Å². The summed E-state index contributed by atoms with van der Waals surface area (Å²) in [5.41, 5.74) is 0.810. The summed E-state index contributed by atoms with van der Waals surface area (Å²) >= 11 is 0. The Kier molecular flexibility index (Phi) is 4.07. The van der Waals surface area contributed by atoms with Gasteiger partial charge in [0.05, 0.1) is 6.54 Å². The molecule has 19 heavy (non-hydrogen) atoms. The van der Waals surface area contributed by atoms with Gasteiger partial charge in [-0.15, -0.1) is 0 Å². The Morgan fingerprint density at radius 2 is 1.95 bits per heavy atom. The molecule has 2 N–H and O–H groups in total. The van der Waals surface area contributed by atoms with Gasteiger partial charge in [0, 0.05) is 6.54 Å². The molecule has 0 spiro atoms. The average molecular weight is 264 g/mol. The van der Waals surface area contributed by atoms with E-state index < -0.39 is 0 Å². The first-order valence-electron chi connectivity index (χ1n) is 5.69. The second-order valence-corrected chi connectivity index (χ2v) is 3.90. The summed E-state index contributed by atoms with van der Waals surface area (Å²) in [6, 6.07) is 5.54. The number of aromatic nitrogens is 2. The summed E-state index contributed by atoms with van der Waals surface area (Å²) < 4.78 is 17.5. The molecular formula is C12H13FN4O2. The number of carbonyl (C=O) groups is 1. The van der Waals surface area contributed by atoms with Gasteiger partial charge in [0.1, 0.15) is 5.82 Å². The first-order chi connectivity index (χ1) is 9.13. The Labute approximate surface area is 109 Å². The molecule has 0 radical (unpaired) electrons.